The van der Waals surface area contributed by atoms with Gasteiger partial charge in [0, 0.05) is 20.1 Å². The van der Waals surface area contributed by atoms with Gasteiger partial charge in [-0.2, -0.15) is 0 Å². The molecule has 6 nitrogen and oxygen atoms in total. The first-order chi connectivity index (χ1) is 11.5. The topological polar surface area (TPSA) is 70.7 Å². The normalized spacial score (nSPS) is 17.5. The molecular formula is C18H27N3O3. The summed E-state index contributed by atoms with van der Waals surface area (Å²) in [6.07, 6.45) is 4.78. The highest BCUT2D eigenvalue weighted by atomic mass is 16.5. The molecule has 0 aromatic heterocycles. The molecule has 6 heteroatoms. The summed E-state index contributed by atoms with van der Waals surface area (Å²) in [7, 11) is 1.93. The van der Waals surface area contributed by atoms with E-state index in [0.717, 1.165) is 32.4 Å². The molecule has 132 valence electrons. The predicted molar refractivity (Wildman–Crippen MR) is 95.1 cm³/mol. The molecule has 0 aliphatic carbocycles. The van der Waals surface area contributed by atoms with Crippen LogP contribution in [0.25, 0.3) is 0 Å². The summed E-state index contributed by atoms with van der Waals surface area (Å²) in [6, 6.07) is 7.18. The molecule has 1 saturated heterocycles. The number of benzene rings is 1. The van der Waals surface area contributed by atoms with Gasteiger partial charge in [-0.3, -0.25) is 14.5 Å². The molecule has 1 aliphatic heterocycles. The van der Waals surface area contributed by atoms with Crippen molar-refractivity contribution in [2.45, 2.75) is 38.7 Å². The van der Waals surface area contributed by atoms with Gasteiger partial charge in [0.2, 0.25) is 11.8 Å². The second kappa shape index (κ2) is 9.39. The largest absolute Gasteiger partial charge is 0.378 e. The van der Waals surface area contributed by atoms with E-state index >= 15 is 0 Å². The molecular weight excluding hydrogens is 306 g/mol. The van der Waals surface area contributed by atoms with Crippen LogP contribution in [-0.2, 0) is 14.3 Å². The van der Waals surface area contributed by atoms with Crippen LogP contribution >= 0.6 is 0 Å². The second-order valence-electron chi connectivity index (χ2n) is 6.29. The van der Waals surface area contributed by atoms with Gasteiger partial charge in [-0.05, 0) is 44.9 Å². The molecule has 1 heterocycles. The molecule has 1 aromatic carbocycles. The zero-order valence-corrected chi connectivity index (χ0v) is 14.5. The summed E-state index contributed by atoms with van der Waals surface area (Å²) in [4.78, 5) is 25.4. The van der Waals surface area contributed by atoms with Crippen molar-refractivity contribution in [3.63, 3.8) is 0 Å². The van der Waals surface area contributed by atoms with E-state index in [4.69, 9.17) is 4.74 Å². The number of hydrogen-bond donors (Lipinski definition) is 2. The number of nitrogens with zero attached hydrogens (tertiary/aromatic N) is 1. The van der Waals surface area contributed by atoms with Crippen LogP contribution < -0.4 is 10.6 Å². The van der Waals surface area contributed by atoms with E-state index in [1.165, 1.54) is 13.3 Å². The quantitative estimate of drug-likeness (QED) is 0.804. The highest BCUT2D eigenvalue weighted by Gasteiger charge is 2.15. The Bertz CT molecular complexity index is 556. The van der Waals surface area contributed by atoms with Gasteiger partial charge in [0.25, 0.3) is 0 Å². The molecule has 0 saturated carbocycles. The Balaban J connectivity index is 1.78. The maximum absolute atomic E-state index is 12.2. The minimum absolute atomic E-state index is 0.0973. The molecule has 0 unspecified atom stereocenters. The Morgan fingerprint density at radius 3 is 2.54 bits per heavy atom. The Morgan fingerprint density at radius 2 is 1.92 bits per heavy atom. The van der Waals surface area contributed by atoms with Gasteiger partial charge >= 0.3 is 0 Å². The lowest BCUT2D eigenvalue weighted by Crippen LogP contribution is -2.33. The molecule has 0 spiro atoms. The first-order valence-electron chi connectivity index (χ1n) is 8.51. The van der Waals surface area contributed by atoms with E-state index in [9.17, 15) is 9.59 Å². The summed E-state index contributed by atoms with van der Waals surface area (Å²) in [5, 5.41) is 5.57. The third-order valence-electron chi connectivity index (χ3n) is 4.03. The average molecular weight is 333 g/mol. The fourth-order valence-corrected chi connectivity index (χ4v) is 2.80. The van der Waals surface area contributed by atoms with Crippen LogP contribution in [0, 0.1) is 0 Å². The van der Waals surface area contributed by atoms with Crippen molar-refractivity contribution in [1.29, 1.82) is 0 Å². The number of para-hydroxylation sites is 2. The van der Waals surface area contributed by atoms with E-state index in [-0.39, 0.29) is 11.8 Å². The molecule has 24 heavy (non-hydrogen) atoms. The van der Waals surface area contributed by atoms with Crippen LogP contribution in [0.5, 0.6) is 0 Å². The lowest BCUT2D eigenvalue weighted by molar-refractivity contribution is -0.117. The van der Waals surface area contributed by atoms with Crippen molar-refractivity contribution in [3.8, 4) is 0 Å². The number of hydrogen-bond acceptors (Lipinski definition) is 4. The molecule has 0 radical (unpaired) electrons. The first kappa shape index (κ1) is 18.4. The zero-order chi connectivity index (χ0) is 17.4. The molecule has 0 bridgehead atoms. The van der Waals surface area contributed by atoms with Gasteiger partial charge in [0.1, 0.15) is 0 Å². The number of ether oxygens (including phenoxy) is 1. The summed E-state index contributed by atoms with van der Waals surface area (Å²) < 4.78 is 5.71. The number of likely N-dealkylation sites (N-methyl/N-ethyl adjacent to an activating group) is 1. The molecule has 2 amide bonds. The van der Waals surface area contributed by atoms with Crippen molar-refractivity contribution in [1.82, 2.24) is 4.90 Å². The highest BCUT2D eigenvalue weighted by molar-refractivity contribution is 5.99. The van der Waals surface area contributed by atoms with Crippen molar-refractivity contribution < 1.29 is 14.3 Å². The predicted octanol–water partition coefficient (Wildman–Crippen LogP) is 2.47. The lowest BCUT2D eigenvalue weighted by Gasteiger charge is -2.25. The summed E-state index contributed by atoms with van der Waals surface area (Å²) in [5.41, 5.74) is 1.22. The van der Waals surface area contributed by atoms with Crippen molar-refractivity contribution in [3.05, 3.63) is 24.3 Å². The van der Waals surface area contributed by atoms with Crippen LogP contribution in [-0.4, -0.2) is 49.6 Å². The van der Waals surface area contributed by atoms with Crippen molar-refractivity contribution in [2.24, 2.45) is 0 Å². The minimum atomic E-state index is -0.165. The number of nitrogens with one attached hydrogen (secondary N) is 2. The van der Waals surface area contributed by atoms with Gasteiger partial charge < -0.3 is 15.4 Å². The van der Waals surface area contributed by atoms with Gasteiger partial charge in [-0.25, -0.2) is 0 Å². The minimum Gasteiger partial charge on any atom is -0.378 e. The van der Waals surface area contributed by atoms with E-state index in [1.807, 2.05) is 24.1 Å². The third-order valence-corrected chi connectivity index (χ3v) is 4.03. The lowest BCUT2D eigenvalue weighted by atomic mass is 10.1. The third kappa shape index (κ3) is 6.29. The fraction of sp³-hybridized carbons (Fsp3) is 0.556. The van der Waals surface area contributed by atoms with Crippen molar-refractivity contribution >= 4 is 23.2 Å². The summed E-state index contributed by atoms with van der Waals surface area (Å²) >= 11 is 0. The maximum atomic E-state index is 12.2. The van der Waals surface area contributed by atoms with Crippen molar-refractivity contribution in [2.75, 3.05) is 37.4 Å². The van der Waals surface area contributed by atoms with Crippen LogP contribution in [0.15, 0.2) is 24.3 Å². The van der Waals surface area contributed by atoms with Gasteiger partial charge in [0.15, 0.2) is 0 Å². The monoisotopic (exact) mass is 333 g/mol. The summed E-state index contributed by atoms with van der Waals surface area (Å²) in [5.74, 6) is -0.263. The van der Waals surface area contributed by atoms with E-state index in [0.29, 0.717) is 24.0 Å². The number of anilines is 2. The molecule has 1 aromatic rings. The average Bonchev–Trinajstić information content (AvgIpc) is 2.55. The first-order valence-corrected chi connectivity index (χ1v) is 8.51. The van der Waals surface area contributed by atoms with E-state index < -0.39 is 0 Å². The molecule has 2 N–H and O–H groups in total. The van der Waals surface area contributed by atoms with Crippen LogP contribution in [0.1, 0.15) is 32.6 Å². The van der Waals surface area contributed by atoms with Crippen LogP contribution in [0.4, 0.5) is 11.4 Å². The maximum Gasteiger partial charge on any atom is 0.238 e. The molecule has 2 rings (SSSR count). The Labute approximate surface area is 143 Å². The Kier molecular flexibility index (Phi) is 7.21. The molecule has 1 aliphatic rings. The number of carbonyl (C=O) groups excluding carboxylic acids is 2. The smallest absolute Gasteiger partial charge is 0.238 e. The second-order valence-corrected chi connectivity index (χ2v) is 6.29. The fourth-order valence-electron chi connectivity index (χ4n) is 2.80. The molecule has 1 atom stereocenters. The standard InChI is InChI=1S/C18H27N3O3/c1-14(22)19-16-8-3-4-9-17(16)20-18(23)13-21(2)11-10-15-7-5-6-12-24-15/h3-4,8-9,15H,5-7,10-13H2,1-2H3,(H,19,22)(H,20,23)/t15-/m1/s1. The number of carbonyl (C=O) groups is 2. The van der Waals surface area contributed by atoms with E-state index in [2.05, 4.69) is 10.6 Å². The Morgan fingerprint density at radius 1 is 1.21 bits per heavy atom. The number of rotatable bonds is 7. The number of amides is 2. The van der Waals surface area contributed by atoms with Gasteiger partial charge in [0.05, 0.1) is 24.0 Å². The van der Waals surface area contributed by atoms with Crippen LogP contribution in [0.2, 0.25) is 0 Å². The van der Waals surface area contributed by atoms with Crippen LogP contribution in [0.3, 0.4) is 0 Å². The van der Waals surface area contributed by atoms with E-state index in [1.54, 1.807) is 12.1 Å². The molecule has 1 fully saturated rings. The Hall–Kier alpha value is -1.92. The van der Waals surface area contributed by atoms with Gasteiger partial charge in [-0.15, -0.1) is 0 Å². The van der Waals surface area contributed by atoms with Gasteiger partial charge in [-0.1, -0.05) is 12.1 Å². The SMILES string of the molecule is CC(=O)Nc1ccccc1NC(=O)CN(C)CC[C@H]1CCCCO1. The summed E-state index contributed by atoms with van der Waals surface area (Å²) in [6.45, 7) is 3.43. The zero-order valence-electron chi connectivity index (χ0n) is 14.5. The highest BCUT2D eigenvalue weighted by Crippen LogP contribution is 2.21.